The lowest BCUT2D eigenvalue weighted by atomic mass is 10.1. The number of pyridine rings is 1. The molecule has 1 saturated heterocycles. The van der Waals surface area contributed by atoms with E-state index in [1.807, 2.05) is 24.3 Å². The molecule has 1 N–H and O–H groups in total. The summed E-state index contributed by atoms with van der Waals surface area (Å²) in [4.78, 5) is 31.9. The molecule has 1 aliphatic rings. The highest BCUT2D eigenvalue weighted by molar-refractivity contribution is 6.31. The Kier molecular flexibility index (Phi) is 5.41. The molecule has 0 aliphatic carbocycles. The average Bonchev–Trinajstić information content (AvgIpc) is 3.24. The van der Waals surface area contributed by atoms with Crippen LogP contribution in [-0.4, -0.2) is 39.8 Å². The Balaban J connectivity index is 1.57. The predicted octanol–water partition coefficient (Wildman–Crippen LogP) is 2.91. The van der Waals surface area contributed by atoms with E-state index >= 15 is 0 Å². The van der Waals surface area contributed by atoms with E-state index in [4.69, 9.17) is 11.6 Å². The van der Waals surface area contributed by atoms with E-state index in [9.17, 15) is 9.59 Å². The average molecular weight is 397 g/mol. The third-order valence-electron chi connectivity index (χ3n) is 5.16. The summed E-state index contributed by atoms with van der Waals surface area (Å²) in [7, 11) is 0. The number of carbonyl (C=O) groups excluding carboxylic acids is 1. The largest absolute Gasteiger partial charge is 0.350 e. The smallest absolute Gasteiger partial charge is 0.270 e. The van der Waals surface area contributed by atoms with E-state index in [-0.39, 0.29) is 17.2 Å². The van der Waals surface area contributed by atoms with Crippen molar-refractivity contribution in [3.63, 3.8) is 0 Å². The maximum Gasteiger partial charge on any atom is 0.270 e. The van der Waals surface area contributed by atoms with Crippen molar-refractivity contribution in [1.82, 2.24) is 19.6 Å². The van der Waals surface area contributed by atoms with Gasteiger partial charge < -0.3 is 5.32 Å². The number of rotatable bonds is 5. The molecule has 3 aromatic rings. The number of benzene rings is 1. The number of amides is 1. The number of nitrogens with one attached hydrogen (secondary N) is 1. The Hall–Kier alpha value is -2.70. The SMILES string of the molecule is O=C(NCC(c1ccccc1Cl)N1CCCC1)c1cnc2ccccn2c1=O. The van der Waals surface area contributed by atoms with Crippen LogP contribution >= 0.6 is 11.6 Å². The molecule has 0 bridgehead atoms. The number of nitrogens with zero attached hydrogens (tertiary/aromatic N) is 3. The second kappa shape index (κ2) is 8.12. The molecule has 1 amide bonds. The first-order valence-electron chi connectivity index (χ1n) is 9.38. The van der Waals surface area contributed by atoms with Gasteiger partial charge in [0, 0.05) is 24.0 Å². The normalized spacial score (nSPS) is 15.6. The van der Waals surface area contributed by atoms with Crippen LogP contribution in [0.1, 0.15) is 34.8 Å². The standard InChI is InChI=1S/C21H21ClN4O2/c22-17-8-2-1-7-15(17)18(25-10-5-6-11-25)14-24-20(27)16-13-23-19-9-3-4-12-26(19)21(16)28/h1-4,7-9,12-13,18H,5-6,10-11,14H2,(H,24,27). The molecule has 0 spiro atoms. The van der Waals surface area contributed by atoms with Gasteiger partial charge in [-0.15, -0.1) is 0 Å². The number of fused-ring (bicyclic) bond motifs is 1. The number of halogens is 1. The molecular formula is C21H21ClN4O2. The van der Waals surface area contributed by atoms with E-state index in [1.165, 1.54) is 10.6 Å². The van der Waals surface area contributed by atoms with Crippen molar-refractivity contribution in [1.29, 1.82) is 0 Å². The van der Waals surface area contributed by atoms with Gasteiger partial charge in [-0.1, -0.05) is 35.9 Å². The lowest BCUT2D eigenvalue weighted by molar-refractivity contribution is 0.0936. The Bertz CT molecular complexity index is 1060. The van der Waals surface area contributed by atoms with Gasteiger partial charge >= 0.3 is 0 Å². The van der Waals surface area contributed by atoms with E-state index in [0.717, 1.165) is 31.5 Å². The highest BCUT2D eigenvalue weighted by Gasteiger charge is 2.26. The maximum absolute atomic E-state index is 12.7. The molecule has 28 heavy (non-hydrogen) atoms. The zero-order chi connectivity index (χ0) is 19.5. The van der Waals surface area contributed by atoms with Gasteiger partial charge in [0.1, 0.15) is 11.2 Å². The third kappa shape index (κ3) is 3.66. The van der Waals surface area contributed by atoms with Crippen LogP contribution in [0.5, 0.6) is 0 Å². The summed E-state index contributed by atoms with van der Waals surface area (Å²) in [6, 6.07) is 12.9. The number of hydrogen-bond donors (Lipinski definition) is 1. The highest BCUT2D eigenvalue weighted by Crippen LogP contribution is 2.29. The molecule has 0 radical (unpaired) electrons. The molecule has 1 unspecified atom stereocenters. The monoisotopic (exact) mass is 396 g/mol. The van der Waals surface area contributed by atoms with Gasteiger partial charge in [0.15, 0.2) is 0 Å². The molecule has 3 heterocycles. The second-order valence-electron chi connectivity index (χ2n) is 6.90. The number of aromatic nitrogens is 2. The maximum atomic E-state index is 12.7. The van der Waals surface area contributed by atoms with Gasteiger partial charge in [-0.2, -0.15) is 0 Å². The number of hydrogen-bond acceptors (Lipinski definition) is 4. The fraction of sp³-hybridized carbons (Fsp3) is 0.286. The van der Waals surface area contributed by atoms with Gasteiger partial charge in [-0.25, -0.2) is 4.98 Å². The summed E-state index contributed by atoms with van der Waals surface area (Å²) in [5.74, 6) is -0.424. The van der Waals surface area contributed by atoms with Crippen molar-refractivity contribution in [3.8, 4) is 0 Å². The lowest BCUT2D eigenvalue weighted by Crippen LogP contribution is -2.39. The summed E-state index contributed by atoms with van der Waals surface area (Å²) in [5.41, 5.74) is 1.15. The van der Waals surface area contributed by atoms with Gasteiger partial charge in [0.2, 0.25) is 0 Å². The first-order chi connectivity index (χ1) is 13.6. The van der Waals surface area contributed by atoms with Crippen LogP contribution in [-0.2, 0) is 0 Å². The van der Waals surface area contributed by atoms with Crippen molar-refractivity contribution in [2.24, 2.45) is 0 Å². The van der Waals surface area contributed by atoms with Gasteiger partial charge in [0.25, 0.3) is 11.5 Å². The van der Waals surface area contributed by atoms with Crippen LogP contribution < -0.4 is 10.9 Å². The van der Waals surface area contributed by atoms with Gasteiger partial charge in [-0.05, 0) is 49.7 Å². The minimum atomic E-state index is -0.424. The molecule has 0 saturated carbocycles. The summed E-state index contributed by atoms with van der Waals surface area (Å²) in [6.45, 7) is 2.30. The molecule has 2 aromatic heterocycles. The van der Waals surface area contributed by atoms with E-state index < -0.39 is 5.91 Å². The first-order valence-corrected chi connectivity index (χ1v) is 9.76. The molecule has 1 aliphatic heterocycles. The second-order valence-corrected chi connectivity index (χ2v) is 7.30. The minimum Gasteiger partial charge on any atom is -0.350 e. The van der Waals surface area contributed by atoms with Crippen LogP contribution in [0.2, 0.25) is 5.02 Å². The van der Waals surface area contributed by atoms with E-state index in [0.29, 0.717) is 17.2 Å². The topological polar surface area (TPSA) is 66.7 Å². The van der Waals surface area contributed by atoms with Crippen molar-refractivity contribution >= 4 is 23.2 Å². The summed E-state index contributed by atoms with van der Waals surface area (Å²) in [5, 5.41) is 3.60. The number of likely N-dealkylation sites (tertiary alicyclic amines) is 1. The zero-order valence-electron chi connectivity index (χ0n) is 15.3. The van der Waals surface area contributed by atoms with E-state index in [1.54, 1.807) is 24.4 Å². The van der Waals surface area contributed by atoms with Crippen LogP contribution in [0.3, 0.4) is 0 Å². The molecular weight excluding hydrogens is 376 g/mol. The van der Waals surface area contributed by atoms with Crippen LogP contribution in [0, 0.1) is 0 Å². The Morgan fingerprint density at radius 1 is 1.14 bits per heavy atom. The van der Waals surface area contributed by atoms with Gasteiger partial charge in [0.05, 0.1) is 6.04 Å². The van der Waals surface area contributed by atoms with Crippen LogP contribution in [0.25, 0.3) is 5.65 Å². The third-order valence-corrected chi connectivity index (χ3v) is 5.50. The summed E-state index contributed by atoms with van der Waals surface area (Å²) >= 11 is 6.42. The fourth-order valence-electron chi connectivity index (χ4n) is 3.70. The Morgan fingerprint density at radius 2 is 1.89 bits per heavy atom. The lowest BCUT2D eigenvalue weighted by Gasteiger charge is -2.28. The Labute approximate surface area is 167 Å². The summed E-state index contributed by atoms with van der Waals surface area (Å²) < 4.78 is 1.38. The fourth-order valence-corrected chi connectivity index (χ4v) is 3.96. The van der Waals surface area contributed by atoms with Crippen LogP contribution in [0.15, 0.2) is 59.7 Å². The van der Waals surface area contributed by atoms with Crippen molar-refractivity contribution in [2.75, 3.05) is 19.6 Å². The first kappa shape index (κ1) is 18.7. The molecule has 4 rings (SSSR count). The van der Waals surface area contributed by atoms with Crippen molar-refractivity contribution in [3.05, 3.63) is 81.4 Å². The van der Waals surface area contributed by atoms with Crippen molar-refractivity contribution < 1.29 is 4.79 Å². The molecule has 1 aromatic carbocycles. The summed E-state index contributed by atoms with van der Waals surface area (Å²) in [6.07, 6.45) is 5.21. The molecule has 144 valence electrons. The highest BCUT2D eigenvalue weighted by atomic mass is 35.5. The molecule has 7 heteroatoms. The molecule has 1 atom stereocenters. The molecule has 6 nitrogen and oxygen atoms in total. The van der Waals surface area contributed by atoms with Crippen molar-refractivity contribution in [2.45, 2.75) is 18.9 Å². The Morgan fingerprint density at radius 3 is 2.68 bits per heavy atom. The van der Waals surface area contributed by atoms with E-state index in [2.05, 4.69) is 15.2 Å². The molecule has 1 fully saturated rings. The van der Waals surface area contributed by atoms with Gasteiger partial charge in [-0.3, -0.25) is 18.9 Å². The minimum absolute atomic E-state index is 0.0306. The van der Waals surface area contributed by atoms with Crippen LogP contribution in [0.4, 0.5) is 0 Å². The zero-order valence-corrected chi connectivity index (χ0v) is 16.1. The predicted molar refractivity (Wildman–Crippen MR) is 109 cm³/mol. The number of carbonyl (C=O) groups is 1. The quantitative estimate of drug-likeness (QED) is 0.720.